The molecule has 0 radical (unpaired) electrons. The van der Waals surface area contributed by atoms with E-state index in [1.807, 2.05) is 24.3 Å². The topological polar surface area (TPSA) is 32.3 Å². The molecule has 1 saturated carbocycles. The van der Waals surface area contributed by atoms with Crippen LogP contribution in [0, 0.1) is 0 Å². The zero-order chi connectivity index (χ0) is 8.39. The van der Waals surface area contributed by atoms with Crippen molar-refractivity contribution in [3.05, 3.63) is 29.8 Å². The Balaban J connectivity index is 2.08. The second-order valence-electron chi connectivity index (χ2n) is 3.28. The summed E-state index contributed by atoms with van der Waals surface area (Å²) >= 11 is 0. The van der Waals surface area contributed by atoms with Crippen molar-refractivity contribution in [1.82, 2.24) is 0 Å². The van der Waals surface area contributed by atoms with Crippen LogP contribution in [-0.4, -0.2) is 11.1 Å². The average molecular weight is 163 g/mol. The first kappa shape index (κ1) is 7.62. The SMILES string of the molecule is OCc1cccc(NC2CC2)c1. The Morgan fingerprint density at radius 3 is 2.92 bits per heavy atom. The van der Waals surface area contributed by atoms with Crippen LogP contribution in [0.4, 0.5) is 5.69 Å². The third-order valence-corrected chi connectivity index (χ3v) is 2.06. The molecule has 12 heavy (non-hydrogen) atoms. The lowest BCUT2D eigenvalue weighted by Crippen LogP contribution is -2.00. The van der Waals surface area contributed by atoms with Crippen molar-refractivity contribution < 1.29 is 5.11 Å². The van der Waals surface area contributed by atoms with E-state index in [0.717, 1.165) is 11.3 Å². The molecule has 0 amide bonds. The zero-order valence-electron chi connectivity index (χ0n) is 6.96. The van der Waals surface area contributed by atoms with Crippen LogP contribution in [0.1, 0.15) is 18.4 Å². The van der Waals surface area contributed by atoms with Gasteiger partial charge in [-0.3, -0.25) is 0 Å². The van der Waals surface area contributed by atoms with Gasteiger partial charge in [0, 0.05) is 11.7 Å². The van der Waals surface area contributed by atoms with Gasteiger partial charge in [-0.05, 0) is 30.5 Å². The minimum atomic E-state index is 0.125. The second-order valence-corrected chi connectivity index (χ2v) is 3.28. The molecule has 0 saturated heterocycles. The van der Waals surface area contributed by atoms with Crippen LogP contribution in [0.2, 0.25) is 0 Å². The Morgan fingerprint density at radius 2 is 2.25 bits per heavy atom. The second kappa shape index (κ2) is 3.15. The van der Waals surface area contributed by atoms with Gasteiger partial charge in [0.1, 0.15) is 0 Å². The smallest absolute Gasteiger partial charge is 0.0682 e. The van der Waals surface area contributed by atoms with Crippen molar-refractivity contribution >= 4 is 5.69 Å². The van der Waals surface area contributed by atoms with E-state index in [9.17, 15) is 0 Å². The lowest BCUT2D eigenvalue weighted by molar-refractivity contribution is 0.282. The van der Waals surface area contributed by atoms with Gasteiger partial charge in [0.05, 0.1) is 6.61 Å². The molecule has 2 rings (SSSR count). The molecule has 2 heteroatoms. The monoisotopic (exact) mass is 163 g/mol. The lowest BCUT2D eigenvalue weighted by atomic mass is 10.2. The predicted molar refractivity (Wildman–Crippen MR) is 49.0 cm³/mol. The summed E-state index contributed by atoms with van der Waals surface area (Å²) in [4.78, 5) is 0. The van der Waals surface area contributed by atoms with Gasteiger partial charge >= 0.3 is 0 Å². The maximum absolute atomic E-state index is 8.88. The van der Waals surface area contributed by atoms with E-state index in [4.69, 9.17) is 5.11 Å². The fourth-order valence-electron chi connectivity index (χ4n) is 1.22. The number of anilines is 1. The van der Waals surface area contributed by atoms with E-state index in [-0.39, 0.29) is 6.61 Å². The van der Waals surface area contributed by atoms with Crippen molar-refractivity contribution in [2.45, 2.75) is 25.5 Å². The molecule has 1 fully saturated rings. The summed E-state index contributed by atoms with van der Waals surface area (Å²) in [6.45, 7) is 0.125. The first-order valence-corrected chi connectivity index (χ1v) is 4.35. The fraction of sp³-hybridized carbons (Fsp3) is 0.400. The molecular formula is C10H13NO. The van der Waals surface area contributed by atoms with Crippen LogP contribution in [0.5, 0.6) is 0 Å². The number of nitrogens with one attached hydrogen (secondary N) is 1. The van der Waals surface area contributed by atoms with Gasteiger partial charge in [0.15, 0.2) is 0 Å². The summed E-state index contributed by atoms with van der Waals surface area (Å²) in [5.41, 5.74) is 2.10. The summed E-state index contributed by atoms with van der Waals surface area (Å²) in [6.07, 6.45) is 2.56. The van der Waals surface area contributed by atoms with E-state index in [1.54, 1.807) is 0 Å². The number of aliphatic hydroxyl groups is 1. The van der Waals surface area contributed by atoms with E-state index in [2.05, 4.69) is 5.32 Å². The Morgan fingerprint density at radius 1 is 1.42 bits per heavy atom. The molecule has 0 heterocycles. The van der Waals surface area contributed by atoms with E-state index >= 15 is 0 Å². The molecule has 0 atom stereocenters. The van der Waals surface area contributed by atoms with Crippen molar-refractivity contribution in [2.24, 2.45) is 0 Å². The van der Waals surface area contributed by atoms with Gasteiger partial charge in [-0.2, -0.15) is 0 Å². The van der Waals surface area contributed by atoms with Crippen LogP contribution in [-0.2, 0) is 6.61 Å². The Hall–Kier alpha value is -1.02. The standard InChI is InChI=1S/C10H13NO/c12-7-8-2-1-3-10(6-8)11-9-4-5-9/h1-3,6,9,11-12H,4-5,7H2. The van der Waals surface area contributed by atoms with E-state index < -0.39 is 0 Å². The van der Waals surface area contributed by atoms with E-state index in [0.29, 0.717) is 6.04 Å². The molecule has 0 bridgehead atoms. The molecule has 1 aliphatic rings. The Bertz CT molecular complexity index is 268. The Labute approximate surface area is 72.2 Å². The molecule has 2 N–H and O–H groups in total. The molecule has 0 aliphatic heterocycles. The van der Waals surface area contributed by atoms with Crippen LogP contribution in [0.15, 0.2) is 24.3 Å². The minimum absolute atomic E-state index is 0.125. The van der Waals surface area contributed by atoms with Crippen molar-refractivity contribution in [1.29, 1.82) is 0 Å². The molecule has 1 aromatic rings. The third-order valence-electron chi connectivity index (χ3n) is 2.06. The summed E-state index contributed by atoms with van der Waals surface area (Å²) in [5.74, 6) is 0. The number of benzene rings is 1. The first-order chi connectivity index (χ1) is 5.88. The van der Waals surface area contributed by atoms with Crippen LogP contribution in [0.25, 0.3) is 0 Å². The maximum atomic E-state index is 8.88. The molecule has 1 aliphatic carbocycles. The van der Waals surface area contributed by atoms with Crippen molar-refractivity contribution in [2.75, 3.05) is 5.32 Å². The number of hydrogen-bond donors (Lipinski definition) is 2. The van der Waals surface area contributed by atoms with E-state index in [1.165, 1.54) is 12.8 Å². The summed E-state index contributed by atoms with van der Waals surface area (Å²) in [5, 5.41) is 12.3. The maximum Gasteiger partial charge on any atom is 0.0682 e. The minimum Gasteiger partial charge on any atom is -0.392 e. The third kappa shape index (κ3) is 1.77. The summed E-state index contributed by atoms with van der Waals surface area (Å²) < 4.78 is 0. The van der Waals surface area contributed by atoms with Gasteiger partial charge in [-0.1, -0.05) is 12.1 Å². The van der Waals surface area contributed by atoms with Crippen molar-refractivity contribution in [3.63, 3.8) is 0 Å². The van der Waals surface area contributed by atoms with Gasteiger partial charge in [0.2, 0.25) is 0 Å². The Kier molecular flexibility index (Phi) is 2.00. The highest BCUT2D eigenvalue weighted by Gasteiger charge is 2.20. The zero-order valence-corrected chi connectivity index (χ0v) is 6.96. The molecule has 0 aromatic heterocycles. The van der Waals surface area contributed by atoms with Gasteiger partial charge in [0.25, 0.3) is 0 Å². The molecule has 0 spiro atoms. The number of aliphatic hydroxyl groups excluding tert-OH is 1. The molecular weight excluding hydrogens is 150 g/mol. The largest absolute Gasteiger partial charge is 0.392 e. The normalized spacial score (nSPS) is 16.1. The lowest BCUT2D eigenvalue weighted by Gasteiger charge is -2.04. The molecule has 0 unspecified atom stereocenters. The number of rotatable bonds is 3. The van der Waals surface area contributed by atoms with Gasteiger partial charge < -0.3 is 10.4 Å². The van der Waals surface area contributed by atoms with Gasteiger partial charge in [-0.15, -0.1) is 0 Å². The van der Waals surface area contributed by atoms with Crippen LogP contribution < -0.4 is 5.32 Å². The highest BCUT2D eigenvalue weighted by molar-refractivity contribution is 5.47. The highest BCUT2D eigenvalue weighted by atomic mass is 16.3. The van der Waals surface area contributed by atoms with Crippen LogP contribution in [0.3, 0.4) is 0 Å². The quantitative estimate of drug-likeness (QED) is 0.711. The predicted octanol–water partition coefficient (Wildman–Crippen LogP) is 1.75. The van der Waals surface area contributed by atoms with Gasteiger partial charge in [-0.25, -0.2) is 0 Å². The summed E-state index contributed by atoms with van der Waals surface area (Å²) in [7, 11) is 0. The highest BCUT2D eigenvalue weighted by Crippen LogP contribution is 2.24. The molecule has 64 valence electrons. The summed E-state index contributed by atoms with van der Waals surface area (Å²) in [6, 6.07) is 8.61. The average Bonchev–Trinajstić information content (AvgIpc) is 2.89. The first-order valence-electron chi connectivity index (χ1n) is 4.35. The van der Waals surface area contributed by atoms with Crippen LogP contribution >= 0.6 is 0 Å². The molecule has 1 aromatic carbocycles. The fourth-order valence-corrected chi connectivity index (χ4v) is 1.22. The number of hydrogen-bond acceptors (Lipinski definition) is 2. The molecule has 2 nitrogen and oxygen atoms in total. The van der Waals surface area contributed by atoms with Crippen molar-refractivity contribution in [3.8, 4) is 0 Å².